The Balaban J connectivity index is -0.000000207. The predicted octanol–water partition coefficient (Wildman–Crippen LogP) is 11.6. The second kappa shape index (κ2) is 24.1. The maximum Gasteiger partial charge on any atom is 0.314 e. The van der Waals surface area contributed by atoms with Gasteiger partial charge in [0, 0.05) is 0 Å². The third kappa shape index (κ3) is 39.6. The molecule has 0 aromatic heterocycles. The van der Waals surface area contributed by atoms with Crippen molar-refractivity contribution in [2.24, 2.45) is 5.92 Å². The molecule has 0 saturated heterocycles. The quantitative estimate of drug-likeness (QED) is 0.114. The Bertz CT molecular complexity index is 911. The highest BCUT2D eigenvalue weighted by Crippen LogP contribution is 2.26. The summed E-state index contributed by atoms with van der Waals surface area (Å²) in [6.45, 7) is 45.8. The van der Waals surface area contributed by atoms with Crippen LogP contribution in [0.5, 0.6) is 0 Å². The van der Waals surface area contributed by atoms with Gasteiger partial charge in [0.15, 0.2) is 33.3 Å². The number of hydrogen-bond donors (Lipinski definition) is 2. The summed E-state index contributed by atoms with van der Waals surface area (Å²) < 4.78 is 37.8. The van der Waals surface area contributed by atoms with E-state index in [1.54, 1.807) is 0 Å². The largest absolute Gasteiger partial charge is 0.481 e. The molecule has 1 atom stereocenters. The zero-order valence-electron chi connectivity index (χ0n) is 35.0. The Labute approximate surface area is 319 Å². The van der Waals surface area contributed by atoms with Crippen LogP contribution in [0.1, 0.15) is 60.8 Å². The molecule has 18 heteroatoms. The highest BCUT2D eigenvalue weighted by atomic mass is 28.5. The molecule has 1 unspecified atom stereocenters. The van der Waals surface area contributed by atoms with E-state index >= 15 is 0 Å². The summed E-state index contributed by atoms with van der Waals surface area (Å²) in [5.41, 5.74) is 0. The van der Waals surface area contributed by atoms with Crippen molar-refractivity contribution in [1.29, 1.82) is 0 Å². The Morgan fingerprint density at radius 2 is 0.800 bits per heavy atom. The fraction of sp³-hybridized carbons (Fsp3) is 0.938. The van der Waals surface area contributed by atoms with E-state index in [-0.39, 0.29) is 21.3 Å². The predicted molar refractivity (Wildman–Crippen MR) is 235 cm³/mol. The molecule has 306 valence electrons. The van der Waals surface area contributed by atoms with Gasteiger partial charge in [-0.15, -0.1) is 0 Å². The second-order valence-corrected chi connectivity index (χ2v) is 50.6. The van der Waals surface area contributed by atoms with Crippen LogP contribution >= 0.6 is 0 Å². The van der Waals surface area contributed by atoms with E-state index in [9.17, 15) is 9.59 Å². The van der Waals surface area contributed by atoms with Crippen LogP contribution in [0.4, 0.5) is 0 Å². The van der Waals surface area contributed by atoms with Gasteiger partial charge in [-0.1, -0.05) is 48.0 Å². The Morgan fingerprint density at radius 3 is 1.04 bits per heavy atom. The Kier molecular flexibility index (Phi) is 28.7. The van der Waals surface area contributed by atoms with Crippen LogP contribution in [0.15, 0.2) is 0 Å². The number of hydrogen-bond acceptors (Lipinski definition) is 8. The average Bonchev–Trinajstić information content (AvgIpc) is 2.68. The molecule has 2 N–H and O–H groups in total. The van der Waals surface area contributed by atoms with Crippen molar-refractivity contribution in [2.75, 3.05) is 0 Å². The van der Waals surface area contributed by atoms with Crippen molar-refractivity contribution in [3.63, 3.8) is 0 Å². The summed E-state index contributed by atoms with van der Waals surface area (Å²) in [5.74, 6) is -2.77. The van der Waals surface area contributed by atoms with Gasteiger partial charge in [0.2, 0.25) is 0 Å². The fourth-order valence-electron chi connectivity index (χ4n) is 5.77. The zero-order chi connectivity index (χ0) is 39.2. The highest BCUT2D eigenvalue weighted by molar-refractivity contribution is 6.90. The molecule has 0 heterocycles. The molecule has 0 fully saturated rings. The third-order valence-electron chi connectivity index (χ3n) is 5.69. The van der Waals surface area contributed by atoms with Crippen molar-refractivity contribution in [2.45, 2.75) is 191 Å². The van der Waals surface area contributed by atoms with E-state index in [0.717, 1.165) is 12.8 Å². The summed E-state index contributed by atoms with van der Waals surface area (Å²) in [7, 11) is -14.6. The first-order valence-corrected chi connectivity index (χ1v) is 42.1. The van der Waals surface area contributed by atoms with E-state index in [4.69, 9.17) is 34.9 Å². The summed E-state index contributed by atoms with van der Waals surface area (Å²) in [6.07, 6.45) is 3.07. The smallest absolute Gasteiger partial charge is 0.314 e. The lowest BCUT2D eigenvalue weighted by molar-refractivity contribution is -0.148. The first-order valence-electron chi connectivity index (χ1n) is 17.5. The molecule has 0 aliphatic heterocycles. The average molecular weight is 856 g/mol. The minimum Gasteiger partial charge on any atom is -0.481 e. The van der Waals surface area contributed by atoms with Gasteiger partial charge >= 0.3 is 46.2 Å². The lowest BCUT2D eigenvalue weighted by Crippen LogP contribution is -2.58. The minimum absolute atomic E-state index is 0. The van der Waals surface area contributed by atoms with Gasteiger partial charge in [0.1, 0.15) is 0 Å². The number of carboxylic acids is 2. The van der Waals surface area contributed by atoms with Crippen LogP contribution in [0.3, 0.4) is 0 Å². The highest BCUT2D eigenvalue weighted by Gasteiger charge is 2.44. The van der Waals surface area contributed by atoms with Gasteiger partial charge in [-0.25, -0.2) is 0 Å². The number of carbonyl (C=O) groups is 2. The zero-order valence-corrected chi connectivity index (χ0v) is 43.0. The molecule has 0 amide bonds. The van der Waals surface area contributed by atoms with Gasteiger partial charge in [-0.2, -0.15) is 0 Å². The monoisotopic (exact) mass is 854 g/mol. The molecule has 0 aliphatic carbocycles. The van der Waals surface area contributed by atoms with Crippen molar-refractivity contribution < 1.29 is 44.5 Å². The molecule has 0 spiro atoms. The Hall–Kier alpha value is 0.435. The van der Waals surface area contributed by atoms with Crippen LogP contribution in [0.25, 0.3) is 0 Å². The van der Waals surface area contributed by atoms with Gasteiger partial charge in [0.05, 0.1) is 12.3 Å². The summed E-state index contributed by atoms with van der Waals surface area (Å²) >= 11 is 0. The molecular formula is C32H86O10Si8. The lowest BCUT2D eigenvalue weighted by atomic mass is 9.99. The van der Waals surface area contributed by atoms with Gasteiger partial charge in [-0.05, 0) is 137 Å². The van der Waals surface area contributed by atoms with Gasteiger partial charge < -0.3 is 34.9 Å². The van der Waals surface area contributed by atoms with Crippen molar-refractivity contribution >= 4 is 79.5 Å². The summed E-state index contributed by atoms with van der Waals surface area (Å²) in [5, 5.41) is 17.0. The maximum absolute atomic E-state index is 10.5. The lowest BCUT2D eigenvalue weighted by Gasteiger charge is -2.41. The van der Waals surface area contributed by atoms with E-state index in [2.05, 4.69) is 131 Å². The van der Waals surface area contributed by atoms with E-state index in [1.165, 1.54) is 12.5 Å². The van der Waals surface area contributed by atoms with Crippen LogP contribution in [0, 0.1) is 5.92 Å². The molecule has 0 radical (unpaired) electrons. The van der Waals surface area contributed by atoms with Crippen LogP contribution in [-0.2, 0) is 34.3 Å². The topological polar surface area (TPSA) is 130 Å². The van der Waals surface area contributed by atoms with Gasteiger partial charge in [-0.3, -0.25) is 9.59 Å². The van der Waals surface area contributed by atoms with E-state index < -0.39 is 85.4 Å². The molecule has 10 nitrogen and oxygen atoms in total. The van der Waals surface area contributed by atoms with Crippen LogP contribution < -0.4 is 0 Å². The molecule has 0 rings (SSSR count). The molecule has 50 heavy (non-hydrogen) atoms. The maximum atomic E-state index is 10.5. The standard InChI is InChI=1S/C12H36O4Si5.C10H28O2Si3.C8H14O4.2CH4/c1-17(2,3)13-19(7,8)15-21(11,12)16-20(9,10)14-18(4,5)6;1-9-10-14(5,6)12-15(7,8)11-13(2,3)4;1-2-3-4-6(8(11)12)5-7(9)10;;/h1-12H3;9-10H2,1-8H3;6H,2-5H2,1H3,(H,9,10)(H,11,12);2*1H4. The fourth-order valence-corrected chi connectivity index (χ4v) is 42.0. The van der Waals surface area contributed by atoms with Gasteiger partial charge in [0.25, 0.3) is 0 Å². The molecule has 0 saturated carbocycles. The van der Waals surface area contributed by atoms with E-state index in [1.807, 2.05) is 6.92 Å². The Morgan fingerprint density at radius 1 is 0.500 bits per heavy atom. The molecular weight excluding hydrogens is 769 g/mol. The normalized spacial score (nSPS) is 13.8. The summed E-state index contributed by atoms with van der Waals surface area (Å²) in [4.78, 5) is 20.7. The van der Waals surface area contributed by atoms with E-state index in [0.29, 0.717) is 6.42 Å². The number of rotatable bonds is 20. The summed E-state index contributed by atoms with van der Waals surface area (Å²) in [6, 6.07) is 1.23. The molecule has 0 aromatic rings. The van der Waals surface area contributed by atoms with Crippen LogP contribution in [-0.4, -0.2) is 89.7 Å². The number of carboxylic acid groups (broad SMARTS) is 2. The molecule has 0 bridgehead atoms. The third-order valence-corrected chi connectivity index (χ3v) is 32.7. The number of unbranched alkanes of at least 4 members (excludes halogenated alkanes) is 1. The minimum atomic E-state index is -2.26. The van der Waals surface area contributed by atoms with Crippen molar-refractivity contribution in [3.8, 4) is 0 Å². The first-order chi connectivity index (χ1) is 20.9. The molecule has 0 aromatic carbocycles. The SMILES string of the molecule is C.C.CCCCC(CC(=O)O)C(=O)O.CCC[Si](C)(C)O[Si](C)(C)O[Si](C)(C)C.C[Si](C)(C)O[Si](C)(C)O[Si](C)(C)O[Si](C)(C)O[Si](C)(C)C. The first kappa shape index (κ1) is 59.7. The van der Waals surface area contributed by atoms with Crippen molar-refractivity contribution in [3.05, 3.63) is 0 Å². The second-order valence-electron chi connectivity index (χ2n) is 17.8. The molecule has 0 aliphatic rings. The van der Waals surface area contributed by atoms with Crippen molar-refractivity contribution in [1.82, 2.24) is 0 Å². The number of aliphatic carboxylic acids is 2. The van der Waals surface area contributed by atoms with Crippen LogP contribution in [0.2, 0.25) is 130 Å².